The minimum atomic E-state index is -0.104. The maximum absolute atomic E-state index is 12.8. The third kappa shape index (κ3) is 3.40. The number of likely N-dealkylation sites (tertiary alicyclic amines) is 1. The molecule has 3 rings (SSSR count). The number of benzene rings is 2. The molecule has 138 valence electrons. The number of phenolic OH excluding ortho intramolecular Hbond substituents is 1. The molecule has 1 aliphatic rings. The SMILES string of the molecule is COc1ccc(OC)c([C@H]2CCN(C(=O)c3ccc(OC)c(O)c3)C2)c1. The summed E-state index contributed by atoms with van der Waals surface area (Å²) in [6.07, 6.45) is 0.845. The highest BCUT2D eigenvalue weighted by molar-refractivity contribution is 5.95. The molecule has 1 heterocycles. The molecule has 1 fully saturated rings. The van der Waals surface area contributed by atoms with Gasteiger partial charge < -0.3 is 24.2 Å². The molecule has 0 bridgehead atoms. The minimum absolute atomic E-state index is 0.0384. The number of carbonyl (C=O) groups is 1. The molecular formula is C20H23NO5. The fourth-order valence-corrected chi connectivity index (χ4v) is 3.36. The van der Waals surface area contributed by atoms with Gasteiger partial charge in [0.25, 0.3) is 5.91 Å². The van der Waals surface area contributed by atoms with Gasteiger partial charge in [-0.2, -0.15) is 0 Å². The predicted molar refractivity (Wildman–Crippen MR) is 97.5 cm³/mol. The summed E-state index contributed by atoms with van der Waals surface area (Å²) in [5, 5.41) is 9.91. The fourth-order valence-electron chi connectivity index (χ4n) is 3.36. The summed E-state index contributed by atoms with van der Waals surface area (Å²) >= 11 is 0. The first-order valence-corrected chi connectivity index (χ1v) is 8.45. The summed E-state index contributed by atoms with van der Waals surface area (Å²) in [6.45, 7) is 1.24. The number of methoxy groups -OCH3 is 3. The largest absolute Gasteiger partial charge is 0.504 e. The highest BCUT2D eigenvalue weighted by Crippen LogP contribution is 2.36. The Morgan fingerprint density at radius 3 is 2.42 bits per heavy atom. The van der Waals surface area contributed by atoms with Gasteiger partial charge in [0.15, 0.2) is 11.5 Å². The average molecular weight is 357 g/mol. The molecular weight excluding hydrogens is 334 g/mol. The summed E-state index contributed by atoms with van der Waals surface area (Å²) in [4.78, 5) is 14.6. The second-order valence-corrected chi connectivity index (χ2v) is 6.23. The van der Waals surface area contributed by atoms with Gasteiger partial charge in [-0.25, -0.2) is 0 Å². The smallest absolute Gasteiger partial charge is 0.254 e. The zero-order valence-electron chi connectivity index (χ0n) is 15.2. The van der Waals surface area contributed by atoms with Crippen molar-refractivity contribution in [2.45, 2.75) is 12.3 Å². The first-order valence-electron chi connectivity index (χ1n) is 8.45. The number of amides is 1. The Morgan fingerprint density at radius 1 is 1.04 bits per heavy atom. The highest BCUT2D eigenvalue weighted by atomic mass is 16.5. The number of rotatable bonds is 5. The second kappa shape index (κ2) is 7.56. The van der Waals surface area contributed by atoms with Gasteiger partial charge in [-0.3, -0.25) is 4.79 Å². The van der Waals surface area contributed by atoms with Gasteiger partial charge in [-0.05, 0) is 42.8 Å². The third-order valence-electron chi connectivity index (χ3n) is 4.78. The number of phenols is 1. The number of hydrogen-bond donors (Lipinski definition) is 1. The van der Waals surface area contributed by atoms with E-state index in [0.29, 0.717) is 24.4 Å². The van der Waals surface area contributed by atoms with Crippen LogP contribution < -0.4 is 14.2 Å². The monoisotopic (exact) mass is 357 g/mol. The summed E-state index contributed by atoms with van der Waals surface area (Å²) in [5.41, 5.74) is 1.49. The molecule has 0 spiro atoms. The molecule has 0 radical (unpaired) electrons. The van der Waals surface area contributed by atoms with E-state index in [1.165, 1.54) is 13.2 Å². The molecule has 2 aromatic carbocycles. The molecule has 0 aliphatic carbocycles. The van der Waals surface area contributed by atoms with Crippen molar-refractivity contribution in [3.63, 3.8) is 0 Å². The third-order valence-corrected chi connectivity index (χ3v) is 4.78. The van der Waals surface area contributed by atoms with Gasteiger partial charge in [0.2, 0.25) is 0 Å². The van der Waals surface area contributed by atoms with E-state index in [9.17, 15) is 9.90 Å². The van der Waals surface area contributed by atoms with Crippen LogP contribution in [0.25, 0.3) is 0 Å². The molecule has 1 amide bonds. The van der Waals surface area contributed by atoms with Crippen molar-refractivity contribution in [2.75, 3.05) is 34.4 Å². The summed E-state index contributed by atoms with van der Waals surface area (Å²) in [7, 11) is 4.75. The number of aromatic hydroxyl groups is 1. The molecule has 26 heavy (non-hydrogen) atoms. The Bertz CT molecular complexity index is 805. The Balaban J connectivity index is 1.78. The summed E-state index contributed by atoms with van der Waals surface area (Å²) in [5.74, 6) is 1.95. The van der Waals surface area contributed by atoms with Crippen molar-refractivity contribution < 1.29 is 24.1 Å². The summed E-state index contributed by atoms with van der Waals surface area (Å²) < 4.78 is 15.8. The van der Waals surface area contributed by atoms with Crippen molar-refractivity contribution in [3.05, 3.63) is 47.5 Å². The van der Waals surface area contributed by atoms with E-state index < -0.39 is 0 Å². The van der Waals surface area contributed by atoms with Crippen molar-refractivity contribution >= 4 is 5.91 Å². The molecule has 1 saturated heterocycles. The maximum Gasteiger partial charge on any atom is 0.254 e. The number of hydrogen-bond acceptors (Lipinski definition) is 5. The zero-order valence-corrected chi connectivity index (χ0v) is 15.2. The standard InChI is InChI=1S/C20H23NO5/c1-24-15-5-7-18(25-2)16(11-15)14-8-9-21(12-14)20(23)13-4-6-19(26-3)17(22)10-13/h4-7,10-11,14,22H,8-9,12H2,1-3H3/t14-/m0/s1. The van der Waals surface area contributed by atoms with Gasteiger partial charge >= 0.3 is 0 Å². The quantitative estimate of drug-likeness (QED) is 0.891. The first-order chi connectivity index (χ1) is 12.6. The molecule has 0 aromatic heterocycles. The van der Waals surface area contributed by atoms with E-state index >= 15 is 0 Å². The lowest BCUT2D eigenvalue weighted by Crippen LogP contribution is -2.28. The van der Waals surface area contributed by atoms with Crippen molar-refractivity contribution in [3.8, 4) is 23.0 Å². The lowest BCUT2D eigenvalue weighted by Gasteiger charge is -2.19. The van der Waals surface area contributed by atoms with Crippen LogP contribution in [0.5, 0.6) is 23.0 Å². The second-order valence-electron chi connectivity index (χ2n) is 6.23. The Labute approximate surface area is 152 Å². The molecule has 1 aliphatic heterocycles. The van der Waals surface area contributed by atoms with Crippen LogP contribution in [0.4, 0.5) is 0 Å². The Morgan fingerprint density at radius 2 is 1.77 bits per heavy atom. The molecule has 0 unspecified atom stereocenters. The number of carbonyl (C=O) groups excluding carboxylic acids is 1. The van der Waals surface area contributed by atoms with E-state index in [1.807, 2.05) is 18.2 Å². The van der Waals surface area contributed by atoms with Gasteiger partial charge in [0.1, 0.15) is 11.5 Å². The van der Waals surface area contributed by atoms with Crippen molar-refractivity contribution in [1.82, 2.24) is 4.90 Å². The van der Waals surface area contributed by atoms with Crippen molar-refractivity contribution in [1.29, 1.82) is 0 Å². The van der Waals surface area contributed by atoms with Crippen LogP contribution in [0.3, 0.4) is 0 Å². The van der Waals surface area contributed by atoms with Crippen LogP contribution in [0.1, 0.15) is 28.3 Å². The van der Waals surface area contributed by atoms with E-state index in [0.717, 1.165) is 23.5 Å². The number of nitrogens with zero attached hydrogens (tertiary/aromatic N) is 1. The first kappa shape index (κ1) is 17.9. The molecule has 1 atom stereocenters. The Kier molecular flexibility index (Phi) is 5.21. The van der Waals surface area contributed by atoms with Crippen LogP contribution in [0.15, 0.2) is 36.4 Å². The zero-order chi connectivity index (χ0) is 18.7. The normalized spacial score (nSPS) is 16.4. The fraction of sp³-hybridized carbons (Fsp3) is 0.350. The van der Waals surface area contributed by atoms with Gasteiger partial charge in [-0.1, -0.05) is 0 Å². The minimum Gasteiger partial charge on any atom is -0.504 e. The Hall–Kier alpha value is -2.89. The van der Waals surface area contributed by atoms with Crippen LogP contribution in [-0.2, 0) is 0 Å². The summed E-state index contributed by atoms with van der Waals surface area (Å²) in [6, 6.07) is 10.4. The van der Waals surface area contributed by atoms with E-state index in [2.05, 4.69) is 0 Å². The molecule has 6 heteroatoms. The van der Waals surface area contributed by atoms with E-state index in [-0.39, 0.29) is 17.6 Å². The average Bonchev–Trinajstić information content (AvgIpc) is 3.16. The molecule has 2 aromatic rings. The van der Waals surface area contributed by atoms with Crippen LogP contribution in [0.2, 0.25) is 0 Å². The lowest BCUT2D eigenvalue weighted by atomic mass is 9.97. The topological polar surface area (TPSA) is 68.2 Å². The van der Waals surface area contributed by atoms with Crippen LogP contribution in [0, 0.1) is 0 Å². The molecule has 6 nitrogen and oxygen atoms in total. The lowest BCUT2D eigenvalue weighted by molar-refractivity contribution is 0.0790. The van der Waals surface area contributed by atoms with Crippen molar-refractivity contribution in [2.24, 2.45) is 0 Å². The van der Waals surface area contributed by atoms with E-state index in [4.69, 9.17) is 14.2 Å². The highest BCUT2D eigenvalue weighted by Gasteiger charge is 2.30. The molecule has 1 N–H and O–H groups in total. The van der Waals surface area contributed by atoms with Crippen LogP contribution >= 0.6 is 0 Å². The van der Waals surface area contributed by atoms with Gasteiger partial charge in [-0.15, -0.1) is 0 Å². The van der Waals surface area contributed by atoms with Crippen LogP contribution in [-0.4, -0.2) is 50.3 Å². The number of ether oxygens (including phenoxy) is 3. The van der Waals surface area contributed by atoms with Gasteiger partial charge in [0.05, 0.1) is 21.3 Å². The maximum atomic E-state index is 12.8. The van der Waals surface area contributed by atoms with E-state index in [1.54, 1.807) is 31.3 Å². The molecule has 0 saturated carbocycles. The van der Waals surface area contributed by atoms with Gasteiger partial charge in [0, 0.05) is 30.1 Å². The predicted octanol–water partition coefficient (Wildman–Crippen LogP) is 3.05.